The summed E-state index contributed by atoms with van der Waals surface area (Å²) in [5.41, 5.74) is 0.998. The molecule has 144 valence electrons. The number of nitroso groups, excluding NO2 is 1. The van der Waals surface area contributed by atoms with Crippen LogP contribution >= 0.6 is 11.3 Å². The van der Waals surface area contributed by atoms with Gasteiger partial charge in [-0.25, -0.2) is 4.98 Å². The van der Waals surface area contributed by atoms with Crippen LogP contribution in [0.5, 0.6) is 0 Å². The molecule has 1 saturated heterocycles. The minimum Gasteiger partial charge on any atom is -0.451 e. The molecule has 1 aromatic carbocycles. The first-order valence-electron chi connectivity index (χ1n) is 9.23. The van der Waals surface area contributed by atoms with E-state index in [-0.39, 0.29) is 11.7 Å². The minimum absolute atomic E-state index is 0.187. The number of rotatable bonds is 6. The molecule has 0 aliphatic carbocycles. The number of benzene rings is 1. The van der Waals surface area contributed by atoms with Crippen LogP contribution in [0.4, 0.5) is 10.8 Å². The van der Waals surface area contributed by atoms with Gasteiger partial charge < -0.3 is 4.42 Å². The second kappa shape index (κ2) is 8.45. The molecule has 28 heavy (non-hydrogen) atoms. The highest BCUT2D eigenvalue weighted by molar-refractivity contribution is 7.15. The predicted octanol–water partition coefficient (Wildman–Crippen LogP) is 5.04. The zero-order valence-electron chi connectivity index (χ0n) is 15.3. The smallest absolute Gasteiger partial charge is 0.293 e. The maximum atomic E-state index is 12.5. The molecule has 8 heteroatoms. The zero-order valence-corrected chi connectivity index (χ0v) is 16.1. The summed E-state index contributed by atoms with van der Waals surface area (Å²) in [7, 11) is 0. The van der Waals surface area contributed by atoms with Gasteiger partial charge in [-0.05, 0) is 55.4 Å². The molecule has 7 nitrogen and oxygen atoms in total. The first-order valence-corrected chi connectivity index (χ1v) is 10.0. The van der Waals surface area contributed by atoms with Gasteiger partial charge in [-0.3, -0.25) is 15.0 Å². The van der Waals surface area contributed by atoms with E-state index in [1.165, 1.54) is 30.6 Å². The lowest BCUT2D eigenvalue weighted by Crippen LogP contribution is -2.28. The quantitative estimate of drug-likeness (QED) is 0.590. The molecule has 2 aromatic heterocycles. The first kappa shape index (κ1) is 18.5. The SMILES string of the molecule is O=Nc1cccc(-c2ccc(C(=O)Nc3ncc(CN4CCCCC4)s3)o2)c1. The molecule has 0 saturated carbocycles. The number of carbonyl (C=O) groups excluding carboxylic acids is 1. The van der Waals surface area contributed by atoms with Crippen LogP contribution in [0.3, 0.4) is 0 Å². The molecule has 4 rings (SSSR count). The molecule has 1 amide bonds. The van der Waals surface area contributed by atoms with Gasteiger partial charge in [0.05, 0.1) is 0 Å². The van der Waals surface area contributed by atoms with Crippen molar-refractivity contribution in [3.8, 4) is 11.3 Å². The molecule has 0 spiro atoms. The Bertz CT molecular complexity index is 975. The molecule has 1 N–H and O–H groups in total. The fraction of sp³-hybridized carbons (Fsp3) is 0.300. The van der Waals surface area contributed by atoms with Gasteiger partial charge in [0.1, 0.15) is 11.4 Å². The van der Waals surface area contributed by atoms with Crippen molar-refractivity contribution in [1.82, 2.24) is 9.88 Å². The fourth-order valence-corrected chi connectivity index (χ4v) is 4.12. The number of aromatic nitrogens is 1. The second-order valence-corrected chi connectivity index (χ2v) is 7.84. The summed E-state index contributed by atoms with van der Waals surface area (Å²) in [6.45, 7) is 3.12. The van der Waals surface area contributed by atoms with Gasteiger partial charge in [-0.1, -0.05) is 18.6 Å². The number of likely N-dealkylation sites (tertiary alicyclic amines) is 1. The lowest BCUT2D eigenvalue weighted by atomic mass is 10.1. The molecule has 1 fully saturated rings. The summed E-state index contributed by atoms with van der Waals surface area (Å²) in [6, 6.07) is 10.0. The minimum atomic E-state index is -0.352. The third kappa shape index (κ3) is 4.35. The molecular weight excluding hydrogens is 376 g/mol. The Morgan fingerprint density at radius 1 is 1.21 bits per heavy atom. The van der Waals surface area contributed by atoms with Gasteiger partial charge in [0.25, 0.3) is 5.91 Å². The Morgan fingerprint density at radius 3 is 2.89 bits per heavy atom. The van der Waals surface area contributed by atoms with Crippen molar-refractivity contribution in [2.24, 2.45) is 5.18 Å². The highest BCUT2D eigenvalue weighted by atomic mass is 32.1. The Hall–Kier alpha value is -2.84. The summed E-state index contributed by atoms with van der Waals surface area (Å²) in [4.78, 5) is 31.0. The maximum Gasteiger partial charge on any atom is 0.293 e. The number of amides is 1. The van der Waals surface area contributed by atoms with Crippen LogP contribution in [0.2, 0.25) is 0 Å². The normalized spacial score (nSPS) is 14.7. The third-order valence-corrected chi connectivity index (χ3v) is 5.57. The van der Waals surface area contributed by atoms with Gasteiger partial charge in [0.15, 0.2) is 10.9 Å². The van der Waals surface area contributed by atoms with Crippen LogP contribution in [0, 0.1) is 4.91 Å². The van der Waals surface area contributed by atoms with Crippen LogP contribution in [0.25, 0.3) is 11.3 Å². The molecule has 0 radical (unpaired) electrons. The molecule has 0 unspecified atom stereocenters. The summed E-state index contributed by atoms with van der Waals surface area (Å²) >= 11 is 1.48. The van der Waals surface area contributed by atoms with Crippen LogP contribution < -0.4 is 5.32 Å². The van der Waals surface area contributed by atoms with Crippen molar-refractivity contribution in [3.05, 3.63) is 58.1 Å². The van der Waals surface area contributed by atoms with E-state index in [0.29, 0.717) is 22.1 Å². The van der Waals surface area contributed by atoms with Crippen LogP contribution in [-0.4, -0.2) is 28.9 Å². The Balaban J connectivity index is 1.40. The summed E-state index contributed by atoms with van der Waals surface area (Å²) < 4.78 is 5.64. The van der Waals surface area contributed by atoms with E-state index in [4.69, 9.17) is 4.42 Å². The molecule has 0 atom stereocenters. The summed E-state index contributed by atoms with van der Waals surface area (Å²) in [5.74, 6) is 0.336. The predicted molar refractivity (Wildman–Crippen MR) is 109 cm³/mol. The zero-order chi connectivity index (χ0) is 19.3. The van der Waals surface area contributed by atoms with Gasteiger partial charge >= 0.3 is 0 Å². The molecule has 0 bridgehead atoms. The average molecular weight is 396 g/mol. The van der Waals surface area contributed by atoms with E-state index in [1.54, 1.807) is 36.4 Å². The van der Waals surface area contributed by atoms with Crippen LogP contribution in [-0.2, 0) is 6.54 Å². The molecule has 1 aliphatic rings. The van der Waals surface area contributed by atoms with E-state index in [9.17, 15) is 9.70 Å². The number of hydrogen-bond acceptors (Lipinski definition) is 7. The van der Waals surface area contributed by atoms with Crippen molar-refractivity contribution in [2.75, 3.05) is 18.4 Å². The van der Waals surface area contributed by atoms with E-state index in [0.717, 1.165) is 24.5 Å². The number of anilines is 1. The summed E-state index contributed by atoms with van der Waals surface area (Å²) in [5, 5.41) is 6.27. The number of nitrogens with one attached hydrogen (secondary N) is 1. The van der Waals surface area contributed by atoms with E-state index in [1.807, 2.05) is 6.20 Å². The number of piperidine rings is 1. The van der Waals surface area contributed by atoms with Crippen molar-refractivity contribution in [3.63, 3.8) is 0 Å². The maximum absolute atomic E-state index is 12.5. The molecular formula is C20H20N4O3S. The Morgan fingerprint density at radius 2 is 2.07 bits per heavy atom. The largest absolute Gasteiger partial charge is 0.451 e. The fourth-order valence-electron chi connectivity index (χ4n) is 3.27. The van der Waals surface area contributed by atoms with Crippen LogP contribution in [0.15, 0.2) is 52.2 Å². The van der Waals surface area contributed by atoms with E-state index < -0.39 is 0 Å². The van der Waals surface area contributed by atoms with Crippen molar-refractivity contribution in [2.45, 2.75) is 25.8 Å². The molecule has 3 aromatic rings. The van der Waals surface area contributed by atoms with Crippen LogP contribution in [0.1, 0.15) is 34.7 Å². The Labute approximate surface area is 166 Å². The highest BCUT2D eigenvalue weighted by Gasteiger charge is 2.16. The van der Waals surface area contributed by atoms with E-state index in [2.05, 4.69) is 20.4 Å². The lowest BCUT2D eigenvalue weighted by Gasteiger charge is -2.25. The van der Waals surface area contributed by atoms with Gasteiger partial charge in [0.2, 0.25) is 0 Å². The third-order valence-electron chi connectivity index (χ3n) is 4.67. The first-order chi connectivity index (χ1) is 13.7. The monoisotopic (exact) mass is 396 g/mol. The molecule has 3 heterocycles. The molecule has 1 aliphatic heterocycles. The average Bonchev–Trinajstić information content (AvgIpc) is 3.39. The van der Waals surface area contributed by atoms with E-state index >= 15 is 0 Å². The van der Waals surface area contributed by atoms with Crippen molar-refractivity contribution < 1.29 is 9.21 Å². The standard InChI is InChI=1S/C20H20N4O3S/c25-19(18-8-7-17(27-18)14-5-4-6-15(11-14)23-26)22-20-21-12-16(28-20)13-24-9-2-1-3-10-24/h4-8,11-12H,1-3,9-10,13H2,(H,21,22,25). The van der Waals surface area contributed by atoms with Crippen molar-refractivity contribution >= 4 is 28.1 Å². The van der Waals surface area contributed by atoms with Crippen molar-refractivity contribution in [1.29, 1.82) is 0 Å². The topological polar surface area (TPSA) is 87.8 Å². The number of nitrogens with zero attached hydrogens (tertiary/aromatic N) is 3. The number of hydrogen-bond donors (Lipinski definition) is 1. The van der Waals surface area contributed by atoms with Gasteiger partial charge in [0, 0.05) is 23.2 Å². The second-order valence-electron chi connectivity index (χ2n) is 6.73. The number of carbonyl (C=O) groups is 1. The highest BCUT2D eigenvalue weighted by Crippen LogP contribution is 2.27. The number of thiazole rings is 1. The summed E-state index contributed by atoms with van der Waals surface area (Å²) in [6.07, 6.45) is 5.62. The Kier molecular flexibility index (Phi) is 5.59. The van der Waals surface area contributed by atoms with Gasteiger partial charge in [-0.2, -0.15) is 0 Å². The lowest BCUT2D eigenvalue weighted by molar-refractivity contribution is 0.0997. The number of furan rings is 1. The van der Waals surface area contributed by atoms with Gasteiger partial charge in [-0.15, -0.1) is 16.2 Å².